The van der Waals surface area contributed by atoms with E-state index in [9.17, 15) is 4.79 Å². The van der Waals surface area contributed by atoms with Crippen molar-refractivity contribution in [3.63, 3.8) is 0 Å². The third-order valence-corrected chi connectivity index (χ3v) is 6.88. The largest absolute Gasteiger partial charge is 0.375 e. The number of piperidine rings is 1. The van der Waals surface area contributed by atoms with Crippen LogP contribution in [0.5, 0.6) is 0 Å². The van der Waals surface area contributed by atoms with Gasteiger partial charge >= 0.3 is 5.69 Å². The second-order valence-corrected chi connectivity index (χ2v) is 9.71. The van der Waals surface area contributed by atoms with Crippen LogP contribution in [0.3, 0.4) is 0 Å². The first-order chi connectivity index (χ1) is 16.4. The molecule has 0 atom stereocenters. The van der Waals surface area contributed by atoms with Crippen molar-refractivity contribution in [2.75, 3.05) is 26.7 Å². The van der Waals surface area contributed by atoms with Crippen LogP contribution in [0.25, 0.3) is 33.2 Å². The van der Waals surface area contributed by atoms with Gasteiger partial charge in [0.1, 0.15) is 5.52 Å². The minimum atomic E-state index is -0.0801. The van der Waals surface area contributed by atoms with Gasteiger partial charge in [0.05, 0.1) is 24.4 Å². The SMILES string of the molecule is CC(C)n1c(=O)n(C)c2nnc3ccc(-c4ccc(COCC5CCN(C)CC5)nc4)cc3c21. The van der Waals surface area contributed by atoms with E-state index in [0.717, 1.165) is 52.9 Å². The lowest BCUT2D eigenvalue weighted by molar-refractivity contribution is 0.0607. The average molecular weight is 461 g/mol. The van der Waals surface area contributed by atoms with Gasteiger partial charge in [0, 0.05) is 30.2 Å². The second-order valence-electron chi connectivity index (χ2n) is 9.71. The molecule has 0 spiro atoms. The van der Waals surface area contributed by atoms with Gasteiger partial charge < -0.3 is 9.64 Å². The normalized spacial score (nSPS) is 15.7. The molecule has 0 aliphatic carbocycles. The number of pyridine rings is 1. The quantitative estimate of drug-likeness (QED) is 0.436. The molecule has 0 N–H and O–H groups in total. The molecule has 34 heavy (non-hydrogen) atoms. The molecule has 0 amide bonds. The number of aryl methyl sites for hydroxylation is 1. The number of ether oxygens (including phenoxy) is 1. The molecule has 1 saturated heterocycles. The Morgan fingerprint density at radius 2 is 1.82 bits per heavy atom. The maximum atomic E-state index is 12.8. The van der Waals surface area contributed by atoms with Gasteiger partial charge in [-0.1, -0.05) is 12.1 Å². The van der Waals surface area contributed by atoms with Crippen molar-refractivity contribution in [2.24, 2.45) is 13.0 Å². The summed E-state index contributed by atoms with van der Waals surface area (Å²) < 4.78 is 9.32. The summed E-state index contributed by atoms with van der Waals surface area (Å²) in [6.45, 7) is 7.66. The first-order valence-electron chi connectivity index (χ1n) is 12.0. The molecule has 4 heterocycles. The lowest BCUT2D eigenvalue weighted by Crippen LogP contribution is -2.31. The Bertz CT molecular complexity index is 1360. The molecule has 1 aliphatic heterocycles. The van der Waals surface area contributed by atoms with Crippen LogP contribution in [-0.4, -0.2) is 56.0 Å². The Morgan fingerprint density at radius 1 is 1.06 bits per heavy atom. The van der Waals surface area contributed by atoms with Gasteiger partial charge in [-0.2, -0.15) is 0 Å². The zero-order valence-corrected chi connectivity index (χ0v) is 20.4. The average Bonchev–Trinajstić information content (AvgIpc) is 3.11. The number of aromatic nitrogens is 5. The molecule has 4 aromatic rings. The van der Waals surface area contributed by atoms with Crippen molar-refractivity contribution in [3.8, 4) is 11.1 Å². The number of likely N-dealkylation sites (tertiary alicyclic amines) is 1. The lowest BCUT2D eigenvalue weighted by atomic mass is 9.98. The number of imidazole rings is 1. The highest BCUT2D eigenvalue weighted by atomic mass is 16.5. The van der Waals surface area contributed by atoms with Gasteiger partial charge in [0.25, 0.3) is 0 Å². The summed E-state index contributed by atoms with van der Waals surface area (Å²) in [7, 11) is 3.92. The van der Waals surface area contributed by atoms with E-state index < -0.39 is 0 Å². The Morgan fingerprint density at radius 3 is 2.53 bits per heavy atom. The molecule has 0 radical (unpaired) electrons. The summed E-state index contributed by atoms with van der Waals surface area (Å²) in [6.07, 6.45) is 4.30. The third-order valence-electron chi connectivity index (χ3n) is 6.88. The molecule has 0 saturated carbocycles. The fourth-order valence-corrected chi connectivity index (χ4v) is 4.79. The molecule has 8 heteroatoms. The summed E-state index contributed by atoms with van der Waals surface area (Å²) in [5.74, 6) is 0.647. The van der Waals surface area contributed by atoms with Crippen LogP contribution in [-0.2, 0) is 18.4 Å². The van der Waals surface area contributed by atoms with Crippen LogP contribution in [0.2, 0.25) is 0 Å². The van der Waals surface area contributed by atoms with Crippen LogP contribution in [0, 0.1) is 5.92 Å². The van der Waals surface area contributed by atoms with E-state index in [1.807, 2.05) is 38.2 Å². The van der Waals surface area contributed by atoms with Gasteiger partial charge in [0.15, 0.2) is 5.65 Å². The van der Waals surface area contributed by atoms with Crippen LogP contribution >= 0.6 is 0 Å². The number of rotatable bonds is 6. The Hall–Kier alpha value is -3.10. The van der Waals surface area contributed by atoms with E-state index in [1.165, 1.54) is 12.8 Å². The summed E-state index contributed by atoms with van der Waals surface area (Å²) >= 11 is 0. The van der Waals surface area contributed by atoms with Gasteiger partial charge in [-0.15, -0.1) is 10.2 Å². The molecule has 178 valence electrons. The first kappa shape index (κ1) is 22.7. The fraction of sp³-hybridized carbons (Fsp3) is 0.462. The highest BCUT2D eigenvalue weighted by molar-refractivity contribution is 6.02. The zero-order chi connectivity index (χ0) is 23.8. The number of fused-ring (bicyclic) bond motifs is 3. The second kappa shape index (κ2) is 9.27. The van der Waals surface area contributed by atoms with E-state index in [4.69, 9.17) is 4.74 Å². The predicted molar refractivity (Wildman–Crippen MR) is 134 cm³/mol. The molecular formula is C26H32N6O2. The van der Waals surface area contributed by atoms with Crippen LogP contribution < -0.4 is 5.69 Å². The van der Waals surface area contributed by atoms with Crippen LogP contribution in [0.1, 0.15) is 38.4 Å². The molecule has 5 rings (SSSR count). The van der Waals surface area contributed by atoms with Crippen LogP contribution in [0.15, 0.2) is 41.3 Å². The summed E-state index contributed by atoms with van der Waals surface area (Å²) in [6, 6.07) is 10.2. The maximum absolute atomic E-state index is 12.8. The molecule has 1 aliphatic rings. The minimum absolute atomic E-state index is 0.0164. The van der Waals surface area contributed by atoms with Crippen molar-refractivity contribution in [1.82, 2.24) is 29.2 Å². The highest BCUT2D eigenvalue weighted by Crippen LogP contribution is 2.28. The van der Waals surface area contributed by atoms with E-state index in [1.54, 1.807) is 16.2 Å². The summed E-state index contributed by atoms with van der Waals surface area (Å²) in [5, 5.41) is 9.58. The third kappa shape index (κ3) is 4.23. The molecule has 0 bridgehead atoms. The minimum Gasteiger partial charge on any atom is -0.375 e. The monoisotopic (exact) mass is 460 g/mol. The smallest absolute Gasteiger partial charge is 0.330 e. The first-order valence-corrected chi connectivity index (χ1v) is 12.0. The van der Waals surface area contributed by atoms with E-state index in [2.05, 4.69) is 39.3 Å². The van der Waals surface area contributed by atoms with Gasteiger partial charge in [-0.25, -0.2) is 4.79 Å². The fourth-order valence-electron chi connectivity index (χ4n) is 4.79. The lowest BCUT2D eigenvalue weighted by Gasteiger charge is -2.28. The van der Waals surface area contributed by atoms with Crippen molar-refractivity contribution in [3.05, 3.63) is 52.7 Å². The van der Waals surface area contributed by atoms with Crippen molar-refractivity contribution in [1.29, 1.82) is 0 Å². The van der Waals surface area contributed by atoms with Gasteiger partial charge in [-0.05, 0) is 76.5 Å². The number of hydrogen-bond acceptors (Lipinski definition) is 6. The number of hydrogen-bond donors (Lipinski definition) is 0. The van der Waals surface area contributed by atoms with Crippen molar-refractivity contribution < 1.29 is 4.74 Å². The summed E-state index contributed by atoms with van der Waals surface area (Å²) in [5.41, 5.74) is 5.08. The Kier molecular flexibility index (Phi) is 6.18. The number of benzene rings is 1. The molecule has 8 nitrogen and oxygen atoms in total. The number of nitrogens with zero attached hydrogens (tertiary/aromatic N) is 6. The maximum Gasteiger partial charge on any atom is 0.330 e. The molecule has 3 aromatic heterocycles. The van der Waals surface area contributed by atoms with Crippen molar-refractivity contribution >= 4 is 22.1 Å². The van der Waals surface area contributed by atoms with Crippen molar-refractivity contribution in [2.45, 2.75) is 39.3 Å². The molecule has 0 unspecified atom stereocenters. The zero-order valence-electron chi connectivity index (χ0n) is 20.4. The van der Waals surface area contributed by atoms with E-state index >= 15 is 0 Å². The topological polar surface area (TPSA) is 78.1 Å². The highest BCUT2D eigenvalue weighted by Gasteiger charge is 2.19. The molecular weight excluding hydrogens is 428 g/mol. The van der Waals surface area contributed by atoms with E-state index in [0.29, 0.717) is 18.2 Å². The van der Waals surface area contributed by atoms with Gasteiger partial charge in [0.2, 0.25) is 0 Å². The standard InChI is InChI=1S/C26H32N6O2/c1-17(2)32-24-22-13-19(6-8-23(22)28-29-25(24)31(4)26(32)33)20-5-7-21(27-14-20)16-34-15-18-9-11-30(3)12-10-18/h5-8,13-14,17-18H,9-12,15-16H2,1-4H3. The molecule has 1 aromatic carbocycles. The van der Waals surface area contributed by atoms with E-state index in [-0.39, 0.29) is 11.7 Å². The Labute approximate surface area is 199 Å². The summed E-state index contributed by atoms with van der Waals surface area (Å²) in [4.78, 5) is 19.8. The van der Waals surface area contributed by atoms with Gasteiger partial charge in [-0.3, -0.25) is 14.1 Å². The predicted octanol–water partition coefficient (Wildman–Crippen LogP) is 3.78. The Balaban J connectivity index is 1.38. The van der Waals surface area contributed by atoms with Crippen LogP contribution in [0.4, 0.5) is 0 Å². The molecule has 1 fully saturated rings.